The molecule has 2 aromatic heterocycles. The van der Waals surface area contributed by atoms with Crippen LogP contribution in [-0.4, -0.2) is 59.7 Å². The van der Waals surface area contributed by atoms with Gasteiger partial charge in [0.2, 0.25) is 5.95 Å². The van der Waals surface area contributed by atoms with Crippen molar-refractivity contribution in [3.05, 3.63) is 71.0 Å². The van der Waals surface area contributed by atoms with E-state index in [9.17, 15) is 18.0 Å². The van der Waals surface area contributed by atoms with Gasteiger partial charge in [-0.3, -0.25) is 14.8 Å². The number of anilines is 2. The molecule has 38 heavy (non-hydrogen) atoms. The highest BCUT2D eigenvalue weighted by Gasteiger charge is 2.35. The van der Waals surface area contributed by atoms with Crippen LogP contribution in [0.3, 0.4) is 0 Å². The van der Waals surface area contributed by atoms with Crippen LogP contribution in [0.15, 0.2) is 48.7 Å². The number of H-pyrrole nitrogens is 1. The van der Waals surface area contributed by atoms with Crippen molar-refractivity contribution < 1.29 is 18.0 Å². The zero-order valence-electron chi connectivity index (χ0n) is 20.5. The van der Waals surface area contributed by atoms with Gasteiger partial charge in [-0.05, 0) is 62.2 Å². The summed E-state index contributed by atoms with van der Waals surface area (Å²) in [6.07, 6.45) is -0.910. The summed E-state index contributed by atoms with van der Waals surface area (Å²) in [4.78, 5) is 26.5. The third kappa shape index (κ3) is 4.67. The number of rotatable bonds is 4. The zero-order chi connectivity index (χ0) is 26.4. The number of aromatic amines is 1. The third-order valence-electron chi connectivity index (χ3n) is 7.35. The maximum absolute atomic E-state index is 13.2. The molecule has 4 heterocycles. The fourth-order valence-electron chi connectivity index (χ4n) is 5.29. The second kappa shape index (κ2) is 9.35. The molecule has 2 atom stereocenters. The monoisotopic (exact) mass is 522 g/mol. The number of likely N-dealkylation sites (tertiary alicyclic amines) is 1. The molecule has 0 unspecified atom stereocenters. The molecule has 196 valence electrons. The summed E-state index contributed by atoms with van der Waals surface area (Å²) in [5, 5.41) is 13.6. The highest BCUT2D eigenvalue weighted by Crippen LogP contribution is 2.32. The van der Waals surface area contributed by atoms with Gasteiger partial charge >= 0.3 is 6.18 Å². The van der Waals surface area contributed by atoms with E-state index >= 15 is 0 Å². The second-order valence-corrected chi connectivity index (χ2v) is 9.84. The van der Waals surface area contributed by atoms with Gasteiger partial charge < -0.3 is 10.2 Å². The molecular formula is C26H25F3N8O. The average Bonchev–Trinajstić information content (AvgIpc) is 3.54. The Kier molecular flexibility index (Phi) is 5.98. The van der Waals surface area contributed by atoms with Crippen molar-refractivity contribution in [2.45, 2.75) is 51.1 Å². The quantitative estimate of drug-likeness (QED) is 0.406. The number of carbonyl (C=O) groups is 1. The summed E-state index contributed by atoms with van der Waals surface area (Å²) in [5.41, 5.74) is 3.79. The van der Waals surface area contributed by atoms with Crippen LogP contribution in [0.5, 0.6) is 0 Å². The molecule has 2 aromatic carbocycles. The topological polar surface area (TPSA) is 103 Å². The van der Waals surface area contributed by atoms with E-state index in [1.54, 1.807) is 18.3 Å². The molecule has 2 aliphatic heterocycles. The van der Waals surface area contributed by atoms with Crippen molar-refractivity contribution >= 4 is 28.6 Å². The molecule has 6 rings (SSSR count). The summed E-state index contributed by atoms with van der Waals surface area (Å²) in [7, 11) is 0. The van der Waals surface area contributed by atoms with Crippen molar-refractivity contribution in [1.82, 2.24) is 35.2 Å². The summed E-state index contributed by atoms with van der Waals surface area (Å²) >= 11 is 0. The van der Waals surface area contributed by atoms with Crippen LogP contribution < -0.4 is 5.32 Å². The van der Waals surface area contributed by atoms with Gasteiger partial charge in [-0.25, -0.2) is 9.97 Å². The number of halogens is 3. The Morgan fingerprint density at radius 2 is 1.95 bits per heavy atom. The van der Waals surface area contributed by atoms with Crippen LogP contribution >= 0.6 is 0 Å². The number of piperidine rings is 1. The molecule has 0 spiro atoms. The lowest BCUT2D eigenvalue weighted by Gasteiger charge is -2.41. The summed E-state index contributed by atoms with van der Waals surface area (Å²) in [6, 6.07) is 10.6. The minimum atomic E-state index is -4.38. The van der Waals surface area contributed by atoms with Crippen LogP contribution in [0.4, 0.5) is 24.8 Å². The van der Waals surface area contributed by atoms with Gasteiger partial charge in [0.1, 0.15) is 5.52 Å². The number of fused-ring (bicyclic) bond motifs is 2. The normalized spacial score (nSPS) is 20.1. The molecule has 9 nitrogen and oxygen atoms in total. The molecule has 1 fully saturated rings. The van der Waals surface area contributed by atoms with Gasteiger partial charge in [-0.1, -0.05) is 5.21 Å². The first kappa shape index (κ1) is 24.3. The van der Waals surface area contributed by atoms with Crippen LogP contribution in [0.1, 0.15) is 46.9 Å². The van der Waals surface area contributed by atoms with E-state index in [4.69, 9.17) is 0 Å². The van der Waals surface area contributed by atoms with Crippen molar-refractivity contribution in [1.29, 1.82) is 0 Å². The van der Waals surface area contributed by atoms with Gasteiger partial charge in [0.05, 0.1) is 16.8 Å². The Bertz CT molecular complexity index is 1490. The molecule has 1 amide bonds. The number of benzene rings is 2. The molecule has 0 saturated carbocycles. The van der Waals surface area contributed by atoms with Gasteiger partial charge in [-0.15, -0.1) is 5.10 Å². The van der Waals surface area contributed by atoms with E-state index in [1.807, 2.05) is 11.0 Å². The molecule has 0 bridgehead atoms. The summed E-state index contributed by atoms with van der Waals surface area (Å²) in [6.45, 7) is 4.12. The van der Waals surface area contributed by atoms with Crippen LogP contribution in [0.2, 0.25) is 0 Å². The van der Waals surface area contributed by atoms with E-state index in [-0.39, 0.29) is 11.9 Å². The first-order chi connectivity index (χ1) is 18.2. The fourth-order valence-corrected chi connectivity index (χ4v) is 5.29. The van der Waals surface area contributed by atoms with Gasteiger partial charge in [0.25, 0.3) is 5.91 Å². The SMILES string of the molecule is C[C@@H]1C[C@H](N2Cc3cnc(Nc4ccc(C(F)(F)F)cc4)nc3C2)CCN1C(=O)c1ccc2[nH]nnc2c1. The predicted octanol–water partition coefficient (Wildman–Crippen LogP) is 4.52. The molecule has 12 heteroatoms. The highest BCUT2D eigenvalue weighted by molar-refractivity contribution is 5.97. The Morgan fingerprint density at radius 1 is 1.13 bits per heavy atom. The average molecular weight is 523 g/mol. The van der Waals surface area contributed by atoms with Crippen LogP contribution in [-0.2, 0) is 19.3 Å². The number of nitrogens with zero attached hydrogens (tertiary/aromatic N) is 6. The molecule has 2 N–H and O–H groups in total. The highest BCUT2D eigenvalue weighted by atomic mass is 19.4. The number of carbonyl (C=O) groups excluding carboxylic acids is 1. The predicted molar refractivity (Wildman–Crippen MR) is 133 cm³/mol. The maximum atomic E-state index is 13.2. The van der Waals surface area contributed by atoms with Gasteiger partial charge in [0.15, 0.2) is 0 Å². The minimum absolute atomic E-state index is 0.00425. The number of hydrogen-bond donors (Lipinski definition) is 2. The lowest BCUT2D eigenvalue weighted by Crippen LogP contribution is -2.50. The Balaban J connectivity index is 1.08. The van der Waals surface area contributed by atoms with Crippen molar-refractivity contribution in [3.63, 3.8) is 0 Å². The maximum Gasteiger partial charge on any atom is 0.416 e. The van der Waals surface area contributed by atoms with Gasteiger partial charge in [0, 0.05) is 54.7 Å². The summed E-state index contributed by atoms with van der Waals surface area (Å²) < 4.78 is 38.4. The molecule has 1 saturated heterocycles. The number of hydrogen-bond acceptors (Lipinski definition) is 7. The van der Waals surface area contributed by atoms with Crippen LogP contribution in [0, 0.1) is 0 Å². The summed E-state index contributed by atoms with van der Waals surface area (Å²) in [5.74, 6) is 0.346. The lowest BCUT2D eigenvalue weighted by atomic mass is 9.96. The molecule has 4 aromatic rings. The molecule has 0 aliphatic carbocycles. The second-order valence-electron chi connectivity index (χ2n) is 9.84. The van der Waals surface area contributed by atoms with Crippen molar-refractivity contribution in [2.75, 3.05) is 11.9 Å². The van der Waals surface area contributed by atoms with E-state index in [1.165, 1.54) is 12.1 Å². The Hall–Kier alpha value is -4.06. The molecule has 0 radical (unpaired) electrons. The zero-order valence-corrected chi connectivity index (χ0v) is 20.5. The number of nitrogens with one attached hydrogen (secondary N) is 2. The number of aromatic nitrogens is 5. The number of amides is 1. The first-order valence-electron chi connectivity index (χ1n) is 12.4. The molecule has 2 aliphatic rings. The Morgan fingerprint density at radius 3 is 2.71 bits per heavy atom. The smallest absolute Gasteiger partial charge is 0.336 e. The van der Waals surface area contributed by atoms with E-state index in [0.29, 0.717) is 41.8 Å². The lowest BCUT2D eigenvalue weighted by molar-refractivity contribution is -0.137. The minimum Gasteiger partial charge on any atom is -0.336 e. The van der Waals surface area contributed by atoms with E-state index < -0.39 is 11.7 Å². The largest absolute Gasteiger partial charge is 0.416 e. The Labute approximate surface area is 216 Å². The van der Waals surface area contributed by atoms with Crippen molar-refractivity contribution in [3.8, 4) is 0 Å². The number of alkyl halides is 3. The standard InChI is InChI=1S/C26H25F3N8O/c1-15-10-20(8-9-37(15)24(38)16-2-7-21-22(11-16)34-35-33-21)36-13-17-12-30-25(32-23(17)14-36)31-19-5-3-18(4-6-19)26(27,28)29/h2-7,11-12,15,20H,8-10,13-14H2,1H3,(H,30,31,32)(H,33,34,35)/t15-,20-/m1/s1. The van der Waals surface area contributed by atoms with Crippen LogP contribution in [0.25, 0.3) is 11.0 Å². The molecular weight excluding hydrogens is 497 g/mol. The van der Waals surface area contributed by atoms with Gasteiger partial charge in [-0.2, -0.15) is 13.2 Å². The first-order valence-corrected chi connectivity index (χ1v) is 12.4. The van der Waals surface area contributed by atoms with Crippen molar-refractivity contribution in [2.24, 2.45) is 0 Å². The third-order valence-corrected chi connectivity index (χ3v) is 7.35. The van der Waals surface area contributed by atoms with E-state index in [0.717, 1.165) is 48.3 Å². The fraction of sp³-hybridized carbons (Fsp3) is 0.346. The van der Waals surface area contributed by atoms with E-state index in [2.05, 4.69) is 42.5 Å².